The predicted octanol–water partition coefficient (Wildman–Crippen LogP) is 3.36. The Balaban J connectivity index is 2.00. The molecular formula is C15H15Cl2NO3S. The van der Waals surface area contributed by atoms with E-state index in [1.54, 1.807) is 11.0 Å². The van der Waals surface area contributed by atoms with Gasteiger partial charge in [0, 0.05) is 24.1 Å². The Kier molecular flexibility index (Phi) is 5.78. The number of hydrogen-bond acceptors (Lipinski definition) is 4. The Morgan fingerprint density at radius 2 is 2.00 bits per heavy atom. The van der Waals surface area contributed by atoms with E-state index in [0.29, 0.717) is 28.7 Å². The van der Waals surface area contributed by atoms with Crippen LogP contribution in [0.2, 0.25) is 10.0 Å². The Hall–Kier alpha value is -1.17. The van der Waals surface area contributed by atoms with Gasteiger partial charge < -0.3 is 9.64 Å². The van der Waals surface area contributed by atoms with Gasteiger partial charge in [-0.15, -0.1) is 11.8 Å². The van der Waals surface area contributed by atoms with Crippen LogP contribution in [0.1, 0.15) is 5.56 Å². The van der Waals surface area contributed by atoms with Crippen LogP contribution in [0.5, 0.6) is 0 Å². The highest BCUT2D eigenvalue weighted by Gasteiger charge is 2.35. The van der Waals surface area contributed by atoms with Crippen molar-refractivity contribution in [3.8, 4) is 0 Å². The highest BCUT2D eigenvalue weighted by atomic mass is 35.5. The average molecular weight is 360 g/mol. The van der Waals surface area contributed by atoms with Crippen molar-refractivity contribution in [1.29, 1.82) is 0 Å². The molecule has 0 bridgehead atoms. The minimum absolute atomic E-state index is 0.165. The number of likely N-dealkylation sites (tertiary alicyclic amines) is 1. The SMILES string of the molecule is COC(=O)C1CN(C(=O)/C=C/c2ccc(SC)c(Cl)c2Cl)C1. The van der Waals surface area contributed by atoms with Gasteiger partial charge in [-0.25, -0.2) is 0 Å². The van der Waals surface area contributed by atoms with Crippen LogP contribution in [0.15, 0.2) is 23.1 Å². The minimum Gasteiger partial charge on any atom is -0.469 e. The summed E-state index contributed by atoms with van der Waals surface area (Å²) in [4.78, 5) is 25.7. The van der Waals surface area contributed by atoms with E-state index in [9.17, 15) is 9.59 Å². The zero-order valence-corrected chi connectivity index (χ0v) is 14.5. The summed E-state index contributed by atoms with van der Waals surface area (Å²) in [6.45, 7) is 0.769. The number of rotatable bonds is 4. The number of carbonyl (C=O) groups is 2. The van der Waals surface area contributed by atoms with Crippen molar-refractivity contribution in [2.24, 2.45) is 5.92 Å². The Morgan fingerprint density at radius 1 is 1.32 bits per heavy atom. The molecule has 0 aromatic heterocycles. The van der Waals surface area contributed by atoms with Crippen molar-refractivity contribution in [1.82, 2.24) is 4.90 Å². The van der Waals surface area contributed by atoms with Crippen molar-refractivity contribution in [3.63, 3.8) is 0 Å². The first-order valence-corrected chi connectivity index (χ1v) is 8.52. The molecule has 1 fully saturated rings. The lowest BCUT2D eigenvalue weighted by atomic mass is 10.0. The second kappa shape index (κ2) is 7.40. The number of amides is 1. The van der Waals surface area contributed by atoms with E-state index >= 15 is 0 Å². The van der Waals surface area contributed by atoms with Gasteiger partial charge in [-0.1, -0.05) is 29.3 Å². The molecule has 1 aliphatic heterocycles. The number of halogens is 2. The third-order valence-corrected chi connectivity index (χ3v) is 5.22. The maximum Gasteiger partial charge on any atom is 0.312 e. The molecule has 0 N–H and O–H groups in total. The van der Waals surface area contributed by atoms with E-state index in [-0.39, 0.29) is 17.8 Å². The van der Waals surface area contributed by atoms with E-state index < -0.39 is 0 Å². The molecule has 0 aliphatic carbocycles. The Labute approximate surface area is 143 Å². The minimum atomic E-state index is -0.282. The molecule has 0 spiro atoms. The molecule has 2 rings (SSSR count). The van der Waals surface area contributed by atoms with E-state index in [0.717, 1.165) is 4.90 Å². The summed E-state index contributed by atoms with van der Waals surface area (Å²) in [6.07, 6.45) is 4.98. The molecule has 1 aromatic carbocycles. The topological polar surface area (TPSA) is 46.6 Å². The molecule has 0 saturated carbocycles. The summed E-state index contributed by atoms with van der Waals surface area (Å²) < 4.78 is 4.63. The molecule has 0 unspecified atom stereocenters. The van der Waals surface area contributed by atoms with E-state index in [4.69, 9.17) is 23.2 Å². The second-order valence-corrected chi connectivity index (χ2v) is 6.39. The van der Waals surface area contributed by atoms with Gasteiger partial charge in [0.05, 0.1) is 23.1 Å². The lowest BCUT2D eigenvalue weighted by Gasteiger charge is -2.36. The molecule has 118 valence electrons. The van der Waals surface area contributed by atoms with Crippen molar-refractivity contribution in [2.75, 3.05) is 26.5 Å². The first kappa shape index (κ1) is 17.2. The van der Waals surface area contributed by atoms with Gasteiger partial charge in [-0.05, 0) is 24.0 Å². The van der Waals surface area contributed by atoms with Crippen LogP contribution < -0.4 is 0 Å². The fourth-order valence-electron chi connectivity index (χ4n) is 2.07. The van der Waals surface area contributed by atoms with Gasteiger partial charge in [0.2, 0.25) is 5.91 Å². The second-order valence-electron chi connectivity index (χ2n) is 4.78. The van der Waals surface area contributed by atoms with Crippen molar-refractivity contribution in [2.45, 2.75) is 4.90 Å². The van der Waals surface area contributed by atoms with Crippen LogP contribution in [0.25, 0.3) is 6.08 Å². The molecule has 1 aromatic rings. The number of hydrogen-bond donors (Lipinski definition) is 0. The maximum atomic E-state index is 12.0. The number of ether oxygens (including phenoxy) is 1. The molecule has 1 saturated heterocycles. The van der Waals surface area contributed by atoms with Gasteiger partial charge in [0.1, 0.15) is 0 Å². The molecule has 1 heterocycles. The van der Waals surface area contributed by atoms with Gasteiger partial charge >= 0.3 is 5.97 Å². The maximum absolute atomic E-state index is 12.0. The normalized spacial score (nSPS) is 15.0. The molecule has 1 aliphatic rings. The van der Waals surface area contributed by atoms with Gasteiger partial charge in [-0.2, -0.15) is 0 Å². The van der Waals surface area contributed by atoms with Gasteiger partial charge in [0.25, 0.3) is 0 Å². The van der Waals surface area contributed by atoms with Crippen LogP contribution in [-0.2, 0) is 14.3 Å². The van der Waals surface area contributed by atoms with Crippen LogP contribution in [-0.4, -0.2) is 43.2 Å². The summed E-state index contributed by atoms with van der Waals surface area (Å²) >= 11 is 13.8. The monoisotopic (exact) mass is 359 g/mol. The molecule has 1 amide bonds. The van der Waals surface area contributed by atoms with Crippen molar-refractivity contribution < 1.29 is 14.3 Å². The third-order valence-electron chi connectivity index (χ3n) is 3.43. The fourth-order valence-corrected chi connectivity index (χ4v) is 3.25. The fraction of sp³-hybridized carbons (Fsp3) is 0.333. The number of carbonyl (C=O) groups excluding carboxylic acids is 2. The average Bonchev–Trinajstić information content (AvgIpc) is 2.47. The van der Waals surface area contributed by atoms with Gasteiger partial charge in [-0.3, -0.25) is 9.59 Å². The quantitative estimate of drug-likeness (QED) is 0.469. The summed E-state index contributed by atoms with van der Waals surface area (Å²) in [5.74, 6) is -0.668. The van der Waals surface area contributed by atoms with Crippen LogP contribution in [0.3, 0.4) is 0 Å². The standard InChI is InChI=1S/C15H15Cl2NO3S/c1-21-15(20)10-7-18(8-10)12(19)6-4-9-3-5-11(22-2)14(17)13(9)16/h3-6,10H,7-8H2,1-2H3/b6-4+. The predicted molar refractivity (Wildman–Crippen MR) is 89.4 cm³/mol. The lowest BCUT2D eigenvalue weighted by molar-refractivity contribution is -0.154. The third kappa shape index (κ3) is 3.59. The van der Waals surface area contributed by atoms with Crippen LogP contribution >= 0.6 is 35.0 Å². The first-order chi connectivity index (χ1) is 10.5. The molecule has 0 atom stereocenters. The molecular weight excluding hydrogens is 345 g/mol. The molecule has 4 nitrogen and oxygen atoms in total. The number of esters is 1. The zero-order chi connectivity index (χ0) is 16.3. The molecule has 7 heteroatoms. The van der Waals surface area contributed by atoms with Gasteiger partial charge in [0.15, 0.2) is 0 Å². The van der Waals surface area contributed by atoms with Crippen molar-refractivity contribution >= 4 is 52.9 Å². The summed E-state index contributed by atoms with van der Waals surface area (Å²) in [6, 6.07) is 3.68. The highest BCUT2D eigenvalue weighted by Crippen LogP contribution is 2.35. The molecule has 0 radical (unpaired) electrons. The van der Waals surface area contributed by atoms with E-state index in [2.05, 4.69) is 4.74 Å². The van der Waals surface area contributed by atoms with Crippen molar-refractivity contribution in [3.05, 3.63) is 33.8 Å². The summed E-state index contributed by atoms with van der Waals surface area (Å²) in [7, 11) is 1.34. The first-order valence-electron chi connectivity index (χ1n) is 6.54. The largest absolute Gasteiger partial charge is 0.469 e. The lowest BCUT2D eigenvalue weighted by Crippen LogP contribution is -2.52. The smallest absolute Gasteiger partial charge is 0.312 e. The summed E-state index contributed by atoms with van der Waals surface area (Å²) in [5.41, 5.74) is 0.683. The number of benzene rings is 1. The number of nitrogens with zero attached hydrogens (tertiary/aromatic N) is 1. The summed E-state index contributed by atoms with van der Waals surface area (Å²) in [5, 5.41) is 0.909. The number of thioether (sulfide) groups is 1. The highest BCUT2D eigenvalue weighted by molar-refractivity contribution is 7.98. The van der Waals surface area contributed by atoms with E-state index in [1.807, 2.05) is 18.4 Å². The zero-order valence-electron chi connectivity index (χ0n) is 12.1. The van der Waals surface area contributed by atoms with Crippen LogP contribution in [0.4, 0.5) is 0 Å². The van der Waals surface area contributed by atoms with E-state index in [1.165, 1.54) is 24.9 Å². The Bertz CT molecular complexity index is 627. The number of methoxy groups -OCH3 is 1. The Morgan fingerprint density at radius 3 is 2.59 bits per heavy atom. The van der Waals surface area contributed by atoms with Crippen LogP contribution in [0, 0.1) is 5.92 Å². The molecule has 22 heavy (non-hydrogen) atoms.